The smallest absolute Gasteiger partial charge is 0.234 e. The number of nitriles is 1. The van der Waals surface area contributed by atoms with Crippen molar-refractivity contribution in [3.8, 4) is 6.07 Å². The molecule has 1 aliphatic rings. The van der Waals surface area contributed by atoms with Gasteiger partial charge in [-0.15, -0.1) is 0 Å². The van der Waals surface area contributed by atoms with Gasteiger partial charge in [-0.3, -0.25) is 4.79 Å². The zero-order chi connectivity index (χ0) is 20.1. The normalized spacial score (nSPS) is 13.9. The number of carbonyl (C=O) groups excluding carboxylic acids is 1. The lowest BCUT2D eigenvalue weighted by molar-refractivity contribution is -0.113. The molecule has 0 aliphatic carbocycles. The third kappa shape index (κ3) is 4.64. The molecule has 1 fully saturated rings. The SMILES string of the molecule is Cc1nc(SCC(=O)Nc2ccc(N3CCOCC3)cc2)c(C#N)c(C)c1C. The van der Waals surface area contributed by atoms with Gasteiger partial charge >= 0.3 is 0 Å². The molecule has 2 aromatic rings. The number of morpholine rings is 1. The number of nitrogens with one attached hydrogen (secondary N) is 1. The monoisotopic (exact) mass is 396 g/mol. The standard InChI is InChI=1S/C21H24N4O2S/c1-14-15(2)19(12-22)21(23-16(14)3)28-13-20(26)24-17-4-6-18(7-5-17)25-8-10-27-11-9-25/h4-7H,8-11,13H2,1-3H3,(H,24,26). The van der Waals surface area contributed by atoms with E-state index in [4.69, 9.17) is 4.74 Å². The molecule has 0 atom stereocenters. The van der Waals surface area contributed by atoms with Crippen molar-refractivity contribution in [3.05, 3.63) is 46.6 Å². The molecule has 7 heteroatoms. The van der Waals surface area contributed by atoms with Gasteiger partial charge in [0.25, 0.3) is 0 Å². The number of anilines is 2. The Labute approximate surface area is 169 Å². The summed E-state index contributed by atoms with van der Waals surface area (Å²) in [5.41, 5.74) is 5.27. The van der Waals surface area contributed by atoms with Crippen LogP contribution in [0.2, 0.25) is 0 Å². The zero-order valence-electron chi connectivity index (χ0n) is 16.4. The van der Waals surface area contributed by atoms with Crippen molar-refractivity contribution in [2.45, 2.75) is 25.8 Å². The van der Waals surface area contributed by atoms with Gasteiger partial charge in [-0.2, -0.15) is 5.26 Å². The lowest BCUT2D eigenvalue weighted by Gasteiger charge is -2.28. The summed E-state index contributed by atoms with van der Waals surface area (Å²) in [7, 11) is 0. The number of thioether (sulfide) groups is 1. The van der Waals surface area contributed by atoms with E-state index in [9.17, 15) is 10.1 Å². The minimum absolute atomic E-state index is 0.120. The van der Waals surface area contributed by atoms with Gasteiger partial charge < -0.3 is 15.0 Å². The van der Waals surface area contributed by atoms with Gasteiger partial charge in [0.1, 0.15) is 11.1 Å². The molecule has 2 heterocycles. The number of amides is 1. The molecule has 1 saturated heterocycles. The van der Waals surface area contributed by atoms with Gasteiger partial charge in [0.2, 0.25) is 5.91 Å². The summed E-state index contributed by atoms with van der Waals surface area (Å²) >= 11 is 1.29. The predicted octanol–water partition coefficient (Wildman–Crippen LogP) is 3.45. The number of carbonyl (C=O) groups is 1. The highest BCUT2D eigenvalue weighted by Crippen LogP contribution is 2.26. The molecule has 0 spiro atoms. The number of hydrogen-bond acceptors (Lipinski definition) is 6. The van der Waals surface area contributed by atoms with E-state index in [0.29, 0.717) is 10.6 Å². The van der Waals surface area contributed by atoms with Crippen molar-refractivity contribution in [3.63, 3.8) is 0 Å². The van der Waals surface area contributed by atoms with E-state index >= 15 is 0 Å². The minimum Gasteiger partial charge on any atom is -0.378 e. The van der Waals surface area contributed by atoms with Crippen molar-refractivity contribution in [1.29, 1.82) is 5.26 Å². The molecule has 0 saturated carbocycles. The first-order valence-corrected chi connectivity index (χ1v) is 10.2. The number of rotatable bonds is 5. The van der Waals surface area contributed by atoms with Crippen LogP contribution < -0.4 is 10.2 Å². The Morgan fingerprint density at radius 2 is 1.89 bits per heavy atom. The van der Waals surface area contributed by atoms with Gasteiger partial charge in [0.15, 0.2) is 0 Å². The Kier molecular flexibility index (Phi) is 6.55. The first-order valence-electron chi connectivity index (χ1n) is 9.23. The maximum Gasteiger partial charge on any atom is 0.234 e. The number of aromatic nitrogens is 1. The Balaban J connectivity index is 1.60. The summed E-state index contributed by atoms with van der Waals surface area (Å²) in [5.74, 6) is 0.0835. The first kappa shape index (κ1) is 20.2. The molecule has 1 aromatic heterocycles. The Hall–Kier alpha value is -2.56. The Bertz CT molecular complexity index is 900. The average Bonchev–Trinajstić information content (AvgIpc) is 2.72. The van der Waals surface area contributed by atoms with Crippen LogP contribution >= 0.6 is 11.8 Å². The third-order valence-electron chi connectivity index (χ3n) is 4.94. The van der Waals surface area contributed by atoms with Gasteiger partial charge in [0, 0.05) is 30.2 Å². The second kappa shape index (κ2) is 9.09. The number of ether oxygens (including phenoxy) is 1. The van der Waals surface area contributed by atoms with Gasteiger partial charge in [-0.1, -0.05) is 11.8 Å². The quantitative estimate of drug-likeness (QED) is 0.780. The fourth-order valence-corrected chi connectivity index (χ4v) is 3.94. The molecule has 0 bridgehead atoms. The second-order valence-corrected chi connectivity index (χ2v) is 7.69. The number of pyridine rings is 1. The Morgan fingerprint density at radius 3 is 2.54 bits per heavy atom. The van der Waals surface area contributed by atoms with E-state index in [0.717, 1.165) is 54.5 Å². The first-order chi connectivity index (χ1) is 13.5. The molecule has 1 aromatic carbocycles. The molecule has 28 heavy (non-hydrogen) atoms. The van der Waals surface area contributed by atoms with E-state index in [1.54, 1.807) is 0 Å². The topological polar surface area (TPSA) is 78.2 Å². The zero-order valence-corrected chi connectivity index (χ0v) is 17.2. The largest absolute Gasteiger partial charge is 0.378 e. The summed E-state index contributed by atoms with van der Waals surface area (Å²) in [4.78, 5) is 19.1. The highest BCUT2D eigenvalue weighted by Gasteiger charge is 2.15. The van der Waals surface area contributed by atoms with Crippen LogP contribution in [0.5, 0.6) is 0 Å². The molecule has 146 valence electrons. The summed E-state index contributed by atoms with van der Waals surface area (Å²) in [6, 6.07) is 10.1. The average molecular weight is 397 g/mol. The highest BCUT2D eigenvalue weighted by atomic mass is 32.2. The van der Waals surface area contributed by atoms with E-state index in [-0.39, 0.29) is 11.7 Å². The molecule has 1 amide bonds. The van der Waals surface area contributed by atoms with Crippen molar-refractivity contribution < 1.29 is 9.53 Å². The summed E-state index contributed by atoms with van der Waals surface area (Å²) < 4.78 is 5.37. The number of benzene rings is 1. The van der Waals surface area contributed by atoms with Crippen LogP contribution in [0.1, 0.15) is 22.4 Å². The molecule has 1 N–H and O–H groups in total. The molecule has 6 nitrogen and oxygen atoms in total. The van der Waals surface area contributed by atoms with Gasteiger partial charge in [-0.05, 0) is 56.2 Å². The number of aryl methyl sites for hydroxylation is 1. The van der Waals surface area contributed by atoms with E-state index in [1.165, 1.54) is 11.8 Å². The molecule has 1 aliphatic heterocycles. The fraction of sp³-hybridized carbons (Fsp3) is 0.381. The van der Waals surface area contributed by atoms with Crippen LogP contribution in [-0.2, 0) is 9.53 Å². The summed E-state index contributed by atoms with van der Waals surface area (Å²) in [6.45, 7) is 9.04. The fourth-order valence-electron chi connectivity index (χ4n) is 3.06. The number of hydrogen-bond donors (Lipinski definition) is 1. The lowest BCUT2D eigenvalue weighted by Crippen LogP contribution is -2.36. The van der Waals surface area contributed by atoms with Crippen LogP contribution in [-0.4, -0.2) is 42.9 Å². The van der Waals surface area contributed by atoms with Crippen molar-refractivity contribution in [2.24, 2.45) is 0 Å². The van der Waals surface area contributed by atoms with Crippen molar-refractivity contribution >= 4 is 29.0 Å². The summed E-state index contributed by atoms with van der Waals surface area (Å²) in [6.07, 6.45) is 0. The van der Waals surface area contributed by atoms with E-state index < -0.39 is 0 Å². The maximum atomic E-state index is 12.3. The van der Waals surface area contributed by atoms with Crippen LogP contribution in [0.25, 0.3) is 0 Å². The molecular formula is C21H24N4O2S. The third-order valence-corrected chi connectivity index (χ3v) is 5.92. The van der Waals surface area contributed by atoms with Crippen LogP contribution in [0, 0.1) is 32.1 Å². The Morgan fingerprint density at radius 1 is 1.21 bits per heavy atom. The van der Waals surface area contributed by atoms with Crippen LogP contribution in [0.15, 0.2) is 29.3 Å². The maximum absolute atomic E-state index is 12.3. The molecular weight excluding hydrogens is 372 g/mol. The van der Waals surface area contributed by atoms with Gasteiger partial charge in [0.05, 0.1) is 24.5 Å². The van der Waals surface area contributed by atoms with Crippen molar-refractivity contribution in [2.75, 3.05) is 42.3 Å². The van der Waals surface area contributed by atoms with Crippen molar-refractivity contribution in [1.82, 2.24) is 4.98 Å². The summed E-state index contributed by atoms with van der Waals surface area (Å²) in [5, 5.41) is 13.0. The van der Waals surface area contributed by atoms with Crippen LogP contribution in [0.4, 0.5) is 11.4 Å². The number of nitrogens with zero attached hydrogens (tertiary/aromatic N) is 3. The van der Waals surface area contributed by atoms with E-state index in [1.807, 2.05) is 45.0 Å². The highest BCUT2D eigenvalue weighted by molar-refractivity contribution is 8.00. The molecule has 0 unspecified atom stereocenters. The molecule has 3 rings (SSSR count). The second-order valence-electron chi connectivity index (χ2n) is 6.72. The predicted molar refractivity (Wildman–Crippen MR) is 112 cm³/mol. The molecule has 0 radical (unpaired) electrons. The minimum atomic E-state index is -0.120. The van der Waals surface area contributed by atoms with Crippen LogP contribution in [0.3, 0.4) is 0 Å². The van der Waals surface area contributed by atoms with E-state index in [2.05, 4.69) is 21.3 Å². The van der Waals surface area contributed by atoms with Gasteiger partial charge in [-0.25, -0.2) is 4.98 Å². The lowest BCUT2D eigenvalue weighted by atomic mass is 10.1.